The highest BCUT2D eigenvalue weighted by molar-refractivity contribution is 7.97. The Bertz CT molecular complexity index is 1060. The molecule has 0 bridgehead atoms. The smallest absolute Gasteiger partial charge is 0.162 e. The second-order valence-corrected chi connectivity index (χ2v) is 10.9. The molecular formula is C26H31ClN2O2S2. The van der Waals surface area contributed by atoms with Crippen molar-refractivity contribution in [1.29, 1.82) is 0 Å². The van der Waals surface area contributed by atoms with Crippen molar-refractivity contribution in [3.63, 3.8) is 0 Å². The molecule has 3 aromatic rings. The largest absolute Gasteiger partial charge is 0.301 e. The Kier molecular flexibility index (Phi) is 10.6. The van der Waals surface area contributed by atoms with E-state index in [9.17, 15) is 9.00 Å². The molecule has 0 saturated carbocycles. The monoisotopic (exact) mass is 502 g/mol. The number of halogens is 1. The van der Waals surface area contributed by atoms with Gasteiger partial charge in [-0.15, -0.1) is 0 Å². The Morgan fingerprint density at radius 2 is 1.70 bits per heavy atom. The van der Waals surface area contributed by atoms with Gasteiger partial charge in [0.1, 0.15) is 11.0 Å². The minimum absolute atomic E-state index is 0.101. The predicted octanol–water partition coefficient (Wildman–Crippen LogP) is 7.31. The fourth-order valence-electron chi connectivity index (χ4n) is 2.84. The highest BCUT2D eigenvalue weighted by Crippen LogP contribution is 2.23. The second-order valence-electron chi connectivity index (χ2n) is 8.40. The fourth-order valence-corrected chi connectivity index (χ4v) is 4.28. The number of carbonyl (C=O) groups excluding carboxylic acids is 1. The van der Waals surface area contributed by atoms with Crippen LogP contribution in [0.2, 0.25) is 5.02 Å². The number of anilines is 1. The van der Waals surface area contributed by atoms with E-state index in [1.165, 1.54) is 5.56 Å². The second kappa shape index (κ2) is 12.9. The third-order valence-corrected chi connectivity index (χ3v) is 6.70. The molecule has 176 valence electrons. The number of benzene rings is 2. The van der Waals surface area contributed by atoms with Crippen LogP contribution >= 0.6 is 23.4 Å². The molecule has 33 heavy (non-hydrogen) atoms. The van der Waals surface area contributed by atoms with Crippen LogP contribution in [0.25, 0.3) is 0 Å². The van der Waals surface area contributed by atoms with E-state index in [1.54, 1.807) is 36.2 Å². The SMILES string of the molecule is CC(C)(C)c1ccc(S(=O)Nc2ccc(Cl)cc2)cc1.CCC(=O)c1ccnc(CSC)c1. The zero-order chi connectivity index (χ0) is 24.4. The van der Waals surface area contributed by atoms with Crippen LogP contribution in [0.4, 0.5) is 5.69 Å². The number of ketones is 1. The summed E-state index contributed by atoms with van der Waals surface area (Å²) in [6.45, 7) is 8.35. The number of thioether (sulfide) groups is 1. The first-order valence-electron chi connectivity index (χ1n) is 10.7. The van der Waals surface area contributed by atoms with Gasteiger partial charge in [-0.2, -0.15) is 11.8 Å². The summed E-state index contributed by atoms with van der Waals surface area (Å²) >= 11 is 7.53. The molecule has 4 nitrogen and oxygen atoms in total. The fraction of sp³-hybridized carbons (Fsp3) is 0.308. The lowest BCUT2D eigenvalue weighted by Crippen LogP contribution is -2.11. The maximum atomic E-state index is 12.2. The highest BCUT2D eigenvalue weighted by Gasteiger charge is 2.14. The average molecular weight is 503 g/mol. The molecule has 0 radical (unpaired) electrons. The van der Waals surface area contributed by atoms with Crippen molar-refractivity contribution in [3.05, 3.63) is 88.7 Å². The van der Waals surface area contributed by atoms with Crippen LogP contribution in [0.5, 0.6) is 0 Å². The Morgan fingerprint density at radius 1 is 1.06 bits per heavy atom. The summed E-state index contributed by atoms with van der Waals surface area (Å²) in [5.74, 6) is 1.05. The number of hydrogen-bond acceptors (Lipinski definition) is 4. The van der Waals surface area contributed by atoms with Gasteiger partial charge in [0.05, 0.1) is 10.6 Å². The van der Waals surface area contributed by atoms with E-state index in [0.29, 0.717) is 11.4 Å². The molecule has 1 atom stereocenters. The molecular weight excluding hydrogens is 472 g/mol. The van der Waals surface area contributed by atoms with E-state index in [0.717, 1.165) is 27.6 Å². The number of pyridine rings is 1. The molecule has 0 aliphatic heterocycles. The Morgan fingerprint density at radius 3 is 2.24 bits per heavy atom. The Labute approximate surface area is 209 Å². The van der Waals surface area contributed by atoms with Crippen LogP contribution in [0.1, 0.15) is 55.7 Å². The average Bonchev–Trinajstić information content (AvgIpc) is 2.80. The van der Waals surface area contributed by atoms with Crippen molar-refractivity contribution in [1.82, 2.24) is 4.98 Å². The number of Topliss-reactive ketones (excluding diaryl/α,β-unsaturated/α-hetero) is 1. The number of nitrogens with one attached hydrogen (secondary N) is 1. The first-order chi connectivity index (χ1) is 15.6. The molecule has 7 heteroatoms. The Hall–Kier alpha value is -2.15. The summed E-state index contributed by atoms with van der Waals surface area (Å²) in [7, 11) is -1.27. The third kappa shape index (κ3) is 8.95. The van der Waals surface area contributed by atoms with Crippen LogP contribution in [0.3, 0.4) is 0 Å². The van der Waals surface area contributed by atoms with E-state index < -0.39 is 11.0 Å². The van der Waals surface area contributed by atoms with E-state index in [4.69, 9.17) is 11.6 Å². The lowest BCUT2D eigenvalue weighted by molar-refractivity contribution is 0.0988. The van der Waals surface area contributed by atoms with Gasteiger partial charge < -0.3 is 4.72 Å². The molecule has 1 unspecified atom stereocenters. The van der Waals surface area contributed by atoms with Gasteiger partial charge in [-0.3, -0.25) is 9.78 Å². The van der Waals surface area contributed by atoms with Crippen molar-refractivity contribution in [2.75, 3.05) is 11.0 Å². The van der Waals surface area contributed by atoms with Crippen molar-refractivity contribution < 1.29 is 9.00 Å². The van der Waals surface area contributed by atoms with Gasteiger partial charge in [-0.1, -0.05) is 51.4 Å². The van der Waals surface area contributed by atoms with Crippen molar-refractivity contribution >= 4 is 45.8 Å². The van der Waals surface area contributed by atoms with Crippen LogP contribution in [0.15, 0.2) is 71.8 Å². The van der Waals surface area contributed by atoms with Gasteiger partial charge in [-0.25, -0.2) is 4.21 Å². The zero-order valence-electron chi connectivity index (χ0n) is 19.7. The molecule has 0 aliphatic carbocycles. The number of hydrogen-bond donors (Lipinski definition) is 1. The summed E-state index contributed by atoms with van der Waals surface area (Å²) in [5.41, 5.74) is 3.87. The van der Waals surface area contributed by atoms with Crippen molar-refractivity contribution in [3.8, 4) is 0 Å². The molecule has 0 fully saturated rings. The zero-order valence-corrected chi connectivity index (χ0v) is 22.1. The van der Waals surface area contributed by atoms with Gasteiger partial charge in [0.15, 0.2) is 5.78 Å². The number of rotatable bonds is 7. The van der Waals surface area contributed by atoms with E-state index in [1.807, 2.05) is 55.6 Å². The van der Waals surface area contributed by atoms with Crippen LogP contribution < -0.4 is 4.72 Å². The molecule has 1 aromatic heterocycles. The number of nitrogens with zero attached hydrogens (tertiary/aromatic N) is 1. The molecule has 2 aromatic carbocycles. The molecule has 0 aliphatic rings. The third-order valence-electron chi connectivity index (χ3n) is 4.74. The first kappa shape index (κ1) is 27.1. The Balaban J connectivity index is 0.000000257. The minimum atomic E-state index is -1.27. The molecule has 0 amide bonds. The minimum Gasteiger partial charge on any atom is -0.301 e. The van der Waals surface area contributed by atoms with E-state index >= 15 is 0 Å². The summed E-state index contributed by atoms with van der Waals surface area (Å²) in [4.78, 5) is 16.3. The maximum absolute atomic E-state index is 12.2. The van der Waals surface area contributed by atoms with Crippen LogP contribution in [-0.2, 0) is 22.2 Å². The summed E-state index contributed by atoms with van der Waals surface area (Å²) in [6.07, 6.45) is 4.28. The van der Waals surface area contributed by atoms with Crippen LogP contribution in [-0.4, -0.2) is 21.2 Å². The normalized spacial score (nSPS) is 11.8. The lowest BCUT2D eigenvalue weighted by atomic mass is 9.87. The maximum Gasteiger partial charge on any atom is 0.162 e. The quantitative estimate of drug-likeness (QED) is 0.344. The van der Waals surface area contributed by atoms with Gasteiger partial charge in [0.2, 0.25) is 0 Å². The lowest BCUT2D eigenvalue weighted by Gasteiger charge is -2.19. The first-order valence-corrected chi connectivity index (χ1v) is 13.6. The molecule has 1 N–H and O–H groups in total. The molecule has 3 rings (SSSR count). The van der Waals surface area contributed by atoms with Crippen LogP contribution in [0, 0.1) is 0 Å². The summed E-state index contributed by atoms with van der Waals surface area (Å²) < 4.78 is 15.2. The summed E-state index contributed by atoms with van der Waals surface area (Å²) in [5, 5.41) is 0.663. The van der Waals surface area contributed by atoms with Gasteiger partial charge in [-0.05, 0) is 65.8 Å². The predicted molar refractivity (Wildman–Crippen MR) is 143 cm³/mol. The number of aromatic nitrogens is 1. The summed E-state index contributed by atoms with van der Waals surface area (Å²) in [6, 6.07) is 18.7. The molecule has 1 heterocycles. The van der Waals surface area contributed by atoms with Crippen molar-refractivity contribution in [2.45, 2.75) is 50.2 Å². The van der Waals surface area contributed by atoms with E-state index in [-0.39, 0.29) is 11.2 Å². The number of carbonyl (C=O) groups is 1. The van der Waals surface area contributed by atoms with Gasteiger partial charge in [0.25, 0.3) is 0 Å². The standard InChI is InChI=1S/C16H18ClNOS.C10H13NOS/c1-16(2,3)12-4-10-15(11-5-12)20(19)18-14-8-6-13(17)7-9-14;1-3-10(12)8-4-5-11-9(6-8)7-13-2/h4-11,18H,1-3H3;4-6H,3,7H2,1-2H3. The van der Waals surface area contributed by atoms with Gasteiger partial charge in [0, 0.05) is 34.6 Å². The molecule has 0 spiro atoms. The highest BCUT2D eigenvalue weighted by atomic mass is 35.5. The molecule has 0 saturated heterocycles. The topological polar surface area (TPSA) is 59.1 Å². The van der Waals surface area contributed by atoms with Crippen molar-refractivity contribution in [2.24, 2.45) is 0 Å². The van der Waals surface area contributed by atoms with E-state index in [2.05, 4.69) is 30.5 Å². The van der Waals surface area contributed by atoms with Gasteiger partial charge >= 0.3 is 0 Å².